The van der Waals surface area contributed by atoms with Gasteiger partial charge in [-0.25, -0.2) is 0 Å². The Morgan fingerprint density at radius 2 is 1.66 bits per heavy atom. The Bertz CT molecular complexity index is 896. The number of nitrogens with one attached hydrogen (secondary N) is 1. The average Bonchev–Trinajstić information content (AvgIpc) is 2.72. The normalized spacial score (nSPS) is 20.3. The number of aryl methyl sites for hydroxylation is 1. The van der Waals surface area contributed by atoms with Gasteiger partial charge in [-0.15, -0.1) is 0 Å². The monoisotopic (exact) mass is 453 g/mol. The quantitative estimate of drug-likeness (QED) is 0.509. The van der Waals surface area contributed by atoms with Gasteiger partial charge in [0, 0.05) is 10.9 Å². The third kappa shape index (κ3) is 6.93. The van der Waals surface area contributed by atoms with Crippen LogP contribution < -0.4 is 5.32 Å². The number of hydrogen-bond donors (Lipinski definition) is 1. The maximum absolute atomic E-state index is 13.4. The van der Waals surface area contributed by atoms with Crippen molar-refractivity contribution in [2.75, 3.05) is 0 Å². The van der Waals surface area contributed by atoms with Crippen molar-refractivity contribution in [3.63, 3.8) is 0 Å². The zero-order valence-electron chi connectivity index (χ0n) is 19.6. The molecule has 1 N–H and O–H groups in total. The minimum absolute atomic E-state index is 0.0350. The molecule has 0 saturated heterocycles. The summed E-state index contributed by atoms with van der Waals surface area (Å²) in [6.07, 6.45) is 6.37. The van der Waals surface area contributed by atoms with E-state index in [1.165, 1.54) is 5.56 Å². The van der Waals surface area contributed by atoms with Crippen LogP contribution in [0.3, 0.4) is 0 Å². The summed E-state index contributed by atoms with van der Waals surface area (Å²) in [5, 5.41) is 3.83. The van der Waals surface area contributed by atoms with E-state index in [4.69, 9.17) is 11.6 Å². The lowest BCUT2D eigenvalue weighted by Gasteiger charge is -2.29. The molecule has 1 unspecified atom stereocenters. The summed E-state index contributed by atoms with van der Waals surface area (Å²) in [5.74, 6) is 0.793. The van der Waals surface area contributed by atoms with Crippen LogP contribution in [0.15, 0.2) is 48.5 Å². The Labute approximate surface area is 197 Å². The predicted molar refractivity (Wildman–Crippen MR) is 132 cm³/mol. The minimum Gasteiger partial charge on any atom is -0.346 e. The minimum atomic E-state index is -0.413. The van der Waals surface area contributed by atoms with Crippen LogP contribution in [-0.4, -0.2) is 17.7 Å². The second-order valence-electron chi connectivity index (χ2n) is 9.66. The molecule has 3 rings (SSSR count). The van der Waals surface area contributed by atoms with E-state index < -0.39 is 6.04 Å². The fraction of sp³-hybridized carbons (Fsp3) is 0.500. The Hall–Kier alpha value is -2.13. The van der Waals surface area contributed by atoms with Gasteiger partial charge in [-0.2, -0.15) is 0 Å². The first-order chi connectivity index (χ1) is 15.3. The fourth-order valence-corrected chi connectivity index (χ4v) is 5.04. The summed E-state index contributed by atoms with van der Waals surface area (Å²) in [7, 11) is 0. The molecule has 1 aliphatic carbocycles. The number of amides is 1. The molecular weight excluding hydrogens is 418 g/mol. The molecule has 1 atom stereocenters. The van der Waals surface area contributed by atoms with Crippen LogP contribution in [0.4, 0.5) is 0 Å². The summed E-state index contributed by atoms with van der Waals surface area (Å²) >= 11 is 6.04. The Morgan fingerprint density at radius 3 is 2.25 bits per heavy atom. The van der Waals surface area contributed by atoms with Gasteiger partial charge in [0.15, 0.2) is 5.78 Å². The molecule has 0 radical (unpaired) electrons. The first kappa shape index (κ1) is 24.5. The second kappa shape index (κ2) is 11.7. The van der Waals surface area contributed by atoms with E-state index in [0.717, 1.165) is 54.7 Å². The SMILES string of the molecule is Cc1cccc(CC(=O)NC(C(=O)C2CCCC(c3ccc(Cl)cc3)CCC2)C(C)C)c1. The molecule has 0 aliphatic heterocycles. The molecule has 4 heteroatoms. The Morgan fingerprint density at radius 1 is 1.00 bits per heavy atom. The van der Waals surface area contributed by atoms with Crippen molar-refractivity contribution in [1.29, 1.82) is 0 Å². The molecule has 3 nitrogen and oxygen atoms in total. The van der Waals surface area contributed by atoms with Crippen LogP contribution in [0.2, 0.25) is 5.02 Å². The highest BCUT2D eigenvalue weighted by Crippen LogP contribution is 2.34. The Kier molecular flexibility index (Phi) is 8.92. The molecule has 0 spiro atoms. The predicted octanol–water partition coefficient (Wildman–Crippen LogP) is 6.66. The van der Waals surface area contributed by atoms with Crippen LogP contribution in [0.25, 0.3) is 0 Å². The molecule has 0 bridgehead atoms. The third-order valence-electron chi connectivity index (χ3n) is 6.69. The number of benzene rings is 2. The fourth-order valence-electron chi connectivity index (χ4n) is 4.92. The van der Waals surface area contributed by atoms with Crippen LogP contribution >= 0.6 is 11.6 Å². The maximum atomic E-state index is 13.4. The number of hydrogen-bond acceptors (Lipinski definition) is 2. The maximum Gasteiger partial charge on any atom is 0.225 e. The van der Waals surface area contributed by atoms with Crippen molar-refractivity contribution < 1.29 is 9.59 Å². The number of halogens is 1. The molecule has 0 heterocycles. The van der Waals surface area contributed by atoms with E-state index in [1.54, 1.807) is 0 Å². The summed E-state index contributed by atoms with van der Waals surface area (Å²) in [5.41, 5.74) is 3.47. The van der Waals surface area contributed by atoms with E-state index in [9.17, 15) is 9.59 Å². The van der Waals surface area contributed by atoms with Crippen LogP contribution in [-0.2, 0) is 16.0 Å². The molecule has 1 fully saturated rings. The first-order valence-corrected chi connectivity index (χ1v) is 12.4. The number of Topliss-reactive ketones (excluding diaryl/α,β-unsaturated/α-hetero) is 1. The molecule has 32 heavy (non-hydrogen) atoms. The lowest BCUT2D eigenvalue weighted by atomic mass is 9.79. The van der Waals surface area contributed by atoms with Crippen molar-refractivity contribution in [3.8, 4) is 0 Å². The van der Waals surface area contributed by atoms with Crippen molar-refractivity contribution in [2.45, 2.75) is 77.7 Å². The standard InChI is InChI=1S/C28H36ClNO2/c1-19(2)27(30-26(31)18-21-8-4-7-20(3)17-21)28(32)24-11-5-9-22(10-6-12-24)23-13-15-25(29)16-14-23/h4,7-8,13-17,19,22,24,27H,5-6,9-12,18H2,1-3H3,(H,30,31). The van der Waals surface area contributed by atoms with Gasteiger partial charge >= 0.3 is 0 Å². The zero-order chi connectivity index (χ0) is 23.1. The molecule has 2 aromatic rings. The smallest absolute Gasteiger partial charge is 0.225 e. The van der Waals surface area contributed by atoms with E-state index in [0.29, 0.717) is 12.3 Å². The highest BCUT2D eigenvalue weighted by molar-refractivity contribution is 6.30. The highest BCUT2D eigenvalue weighted by Gasteiger charge is 2.31. The molecule has 0 aromatic heterocycles. The third-order valence-corrected chi connectivity index (χ3v) is 6.94. The van der Waals surface area contributed by atoms with Crippen molar-refractivity contribution in [2.24, 2.45) is 11.8 Å². The first-order valence-electron chi connectivity index (χ1n) is 12.0. The topological polar surface area (TPSA) is 46.2 Å². The lowest BCUT2D eigenvalue weighted by Crippen LogP contribution is -2.47. The highest BCUT2D eigenvalue weighted by atomic mass is 35.5. The Balaban J connectivity index is 1.57. The summed E-state index contributed by atoms with van der Waals surface area (Å²) in [6, 6.07) is 15.8. The number of carbonyl (C=O) groups excluding carboxylic acids is 2. The van der Waals surface area contributed by atoms with Gasteiger partial charge in [0.05, 0.1) is 12.5 Å². The largest absolute Gasteiger partial charge is 0.346 e. The molecular formula is C28H36ClNO2. The van der Waals surface area contributed by atoms with Crippen LogP contribution in [0, 0.1) is 18.8 Å². The van der Waals surface area contributed by atoms with Crippen molar-refractivity contribution in [3.05, 3.63) is 70.2 Å². The van der Waals surface area contributed by atoms with E-state index in [1.807, 2.05) is 57.2 Å². The molecule has 1 aliphatic rings. The molecule has 172 valence electrons. The molecule has 1 amide bonds. The van der Waals surface area contributed by atoms with Crippen LogP contribution in [0.5, 0.6) is 0 Å². The summed E-state index contributed by atoms with van der Waals surface area (Å²) < 4.78 is 0. The van der Waals surface area contributed by atoms with Crippen molar-refractivity contribution in [1.82, 2.24) is 5.32 Å². The molecule has 1 saturated carbocycles. The van der Waals surface area contributed by atoms with Gasteiger partial charge in [-0.3, -0.25) is 9.59 Å². The van der Waals surface area contributed by atoms with Crippen molar-refractivity contribution >= 4 is 23.3 Å². The van der Waals surface area contributed by atoms with Gasteiger partial charge in [-0.05, 0) is 67.7 Å². The molecule has 2 aromatic carbocycles. The number of rotatable bonds is 7. The average molecular weight is 454 g/mol. The van der Waals surface area contributed by atoms with Crippen LogP contribution in [0.1, 0.15) is 75.0 Å². The van der Waals surface area contributed by atoms with E-state index in [2.05, 4.69) is 17.4 Å². The van der Waals surface area contributed by atoms with Gasteiger partial charge < -0.3 is 5.32 Å². The summed E-state index contributed by atoms with van der Waals surface area (Å²) in [6.45, 7) is 6.07. The van der Waals surface area contributed by atoms with Gasteiger partial charge in [-0.1, -0.05) is 80.3 Å². The van der Waals surface area contributed by atoms with Gasteiger partial charge in [0.1, 0.15) is 0 Å². The lowest BCUT2D eigenvalue weighted by molar-refractivity contribution is -0.131. The number of ketones is 1. The van der Waals surface area contributed by atoms with E-state index >= 15 is 0 Å². The van der Waals surface area contributed by atoms with Gasteiger partial charge in [0.2, 0.25) is 5.91 Å². The van der Waals surface area contributed by atoms with Gasteiger partial charge in [0.25, 0.3) is 0 Å². The zero-order valence-corrected chi connectivity index (χ0v) is 20.3. The van der Waals surface area contributed by atoms with E-state index in [-0.39, 0.29) is 23.5 Å². The summed E-state index contributed by atoms with van der Waals surface area (Å²) in [4.78, 5) is 26.1. The number of carbonyl (C=O) groups is 2. The second-order valence-corrected chi connectivity index (χ2v) is 10.1.